The lowest BCUT2D eigenvalue weighted by Crippen LogP contribution is -2.31. The average Bonchev–Trinajstić information content (AvgIpc) is 2.48. The minimum atomic E-state index is -0.272. The number of nitrogens with zero attached hydrogens (tertiary/aromatic N) is 2. The van der Waals surface area contributed by atoms with E-state index in [0.29, 0.717) is 5.17 Å². The van der Waals surface area contributed by atoms with Crippen LogP contribution in [0.3, 0.4) is 0 Å². The standard InChI is InChI=1S/C16H23N3OS/c1-4-19(5-2)14(20)12-6-8-13(9-7-12)16(3)10-11-21-15(17)18-16/h6-9H,4-5,10-11H2,1-3H3,(H2,17,18). The quantitative estimate of drug-likeness (QED) is 0.930. The Balaban J connectivity index is 2.23. The van der Waals surface area contributed by atoms with E-state index in [9.17, 15) is 4.79 Å². The third-order valence-electron chi connectivity index (χ3n) is 4.00. The van der Waals surface area contributed by atoms with Crippen LogP contribution in [0.25, 0.3) is 0 Å². The summed E-state index contributed by atoms with van der Waals surface area (Å²) in [4.78, 5) is 18.7. The minimum Gasteiger partial charge on any atom is -0.379 e. The molecular weight excluding hydrogens is 282 g/mol. The average molecular weight is 305 g/mol. The highest BCUT2D eigenvalue weighted by atomic mass is 32.2. The van der Waals surface area contributed by atoms with E-state index in [1.165, 1.54) is 0 Å². The van der Waals surface area contributed by atoms with Gasteiger partial charge in [-0.2, -0.15) is 0 Å². The smallest absolute Gasteiger partial charge is 0.253 e. The Morgan fingerprint density at radius 3 is 2.48 bits per heavy atom. The number of nitrogens with two attached hydrogens (primary N) is 1. The van der Waals surface area contributed by atoms with Crippen molar-refractivity contribution in [3.63, 3.8) is 0 Å². The summed E-state index contributed by atoms with van der Waals surface area (Å²) in [7, 11) is 0. The lowest BCUT2D eigenvalue weighted by Gasteiger charge is -2.30. The number of amidine groups is 1. The largest absolute Gasteiger partial charge is 0.379 e. The van der Waals surface area contributed by atoms with Crippen LogP contribution < -0.4 is 5.73 Å². The van der Waals surface area contributed by atoms with Gasteiger partial charge < -0.3 is 10.6 Å². The second kappa shape index (κ2) is 6.52. The molecule has 114 valence electrons. The Labute approximate surface area is 130 Å². The van der Waals surface area contributed by atoms with Crippen molar-refractivity contribution in [1.29, 1.82) is 0 Å². The van der Waals surface area contributed by atoms with E-state index in [1.807, 2.05) is 43.0 Å². The molecule has 5 heteroatoms. The normalized spacial score (nSPS) is 21.8. The first-order valence-electron chi connectivity index (χ1n) is 7.38. The fourth-order valence-corrected chi connectivity index (χ4v) is 3.53. The van der Waals surface area contributed by atoms with Crippen LogP contribution in [0.4, 0.5) is 0 Å². The lowest BCUT2D eigenvalue weighted by molar-refractivity contribution is 0.0773. The first kappa shape index (κ1) is 15.9. The molecular formula is C16H23N3OS. The van der Waals surface area contributed by atoms with Gasteiger partial charge in [-0.3, -0.25) is 9.79 Å². The maximum Gasteiger partial charge on any atom is 0.253 e. The second-order valence-electron chi connectivity index (χ2n) is 5.38. The van der Waals surface area contributed by atoms with Crippen molar-refractivity contribution in [3.05, 3.63) is 35.4 Å². The van der Waals surface area contributed by atoms with Crippen LogP contribution in [0.5, 0.6) is 0 Å². The predicted octanol–water partition coefficient (Wildman–Crippen LogP) is 2.84. The maximum absolute atomic E-state index is 12.3. The molecule has 0 spiro atoms. The van der Waals surface area contributed by atoms with Gasteiger partial charge in [-0.05, 0) is 44.9 Å². The van der Waals surface area contributed by atoms with Crippen molar-refractivity contribution in [1.82, 2.24) is 4.90 Å². The molecule has 1 aromatic carbocycles. The molecule has 0 saturated carbocycles. The molecule has 1 amide bonds. The summed E-state index contributed by atoms with van der Waals surface area (Å²) < 4.78 is 0. The molecule has 1 aliphatic rings. The van der Waals surface area contributed by atoms with Gasteiger partial charge in [-0.1, -0.05) is 23.9 Å². The van der Waals surface area contributed by atoms with Gasteiger partial charge in [0.25, 0.3) is 5.91 Å². The van der Waals surface area contributed by atoms with Crippen LogP contribution in [-0.2, 0) is 5.54 Å². The Bertz CT molecular complexity index is 537. The van der Waals surface area contributed by atoms with Crippen molar-refractivity contribution in [2.45, 2.75) is 32.7 Å². The van der Waals surface area contributed by atoms with Crippen LogP contribution in [-0.4, -0.2) is 34.8 Å². The zero-order chi connectivity index (χ0) is 15.5. The van der Waals surface area contributed by atoms with Crippen molar-refractivity contribution in [3.8, 4) is 0 Å². The highest BCUT2D eigenvalue weighted by Gasteiger charge is 2.29. The van der Waals surface area contributed by atoms with Crippen molar-refractivity contribution >= 4 is 22.8 Å². The molecule has 1 heterocycles. The number of hydrogen-bond donors (Lipinski definition) is 1. The Morgan fingerprint density at radius 2 is 1.95 bits per heavy atom. The summed E-state index contributed by atoms with van der Waals surface area (Å²) in [6.45, 7) is 7.54. The van der Waals surface area contributed by atoms with Gasteiger partial charge in [0.2, 0.25) is 0 Å². The fraction of sp³-hybridized carbons (Fsp3) is 0.500. The summed E-state index contributed by atoms with van der Waals surface area (Å²) in [5.74, 6) is 1.06. The van der Waals surface area contributed by atoms with Crippen molar-refractivity contribution in [2.24, 2.45) is 10.7 Å². The molecule has 1 aromatic rings. The molecule has 0 radical (unpaired) electrons. The van der Waals surface area contributed by atoms with Crippen molar-refractivity contribution < 1.29 is 4.79 Å². The summed E-state index contributed by atoms with van der Waals surface area (Å²) in [5, 5.41) is 0.645. The number of carbonyl (C=O) groups is 1. The lowest BCUT2D eigenvalue weighted by atomic mass is 9.89. The van der Waals surface area contributed by atoms with Gasteiger partial charge in [0.15, 0.2) is 5.17 Å². The van der Waals surface area contributed by atoms with E-state index in [-0.39, 0.29) is 11.4 Å². The Hall–Kier alpha value is -1.49. The summed E-state index contributed by atoms with van der Waals surface area (Å²) in [6, 6.07) is 7.80. The van der Waals surface area contributed by atoms with E-state index in [0.717, 1.165) is 36.4 Å². The highest BCUT2D eigenvalue weighted by molar-refractivity contribution is 8.13. The molecule has 0 fully saturated rings. The number of benzene rings is 1. The summed E-state index contributed by atoms with van der Waals surface area (Å²) in [6.07, 6.45) is 0.960. The number of rotatable bonds is 4. The van der Waals surface area contributed by atoms with E-state index >= 15 is 0 Å². The van der Waals surface area contributed by atoms with Gasteiger partial charge in [0, 0.05) is 24.4 Å². The number of hydrogen-bond acceptors (Lipinski definition) is 4. The molecule has 1 atom stereocenters. The van der Waals surface area contributed by atoms with Crippen LogP contribution >= 0.6 is 11.8 Å². The highest BCUT2D eigenvalue weighted by Crippen LogP contribution is 2.34. The third-order valence-corrected chi connectivity index (χ3v) is 4.80. The topological polar surface area (TPSA) is 58.7 Å². The molecule has 0 aliphatic carbocycles. The molecule has 2 rings (SSSR count). The molecule has 21 heavy (non-hydrogen) atoms. The van der Waals surface area contributed by atoms with Crippen LogP contribution in [0, 0.1) is 0 Å². The molecule has 0 saturated heterocycles. The molecule has 1 unspecified atom stereocenters. The van der Waals surface area contributed by atoms with Crippen LogP contribution in [0.2, 0.25) is 0 Å². The first-order chi connectivity index (χ1) is 10.00. The zero-order valence-corrected chi connectivity index (χ0v) is 13.7. The van der Waals surface area contributed by atoms with Gasteiger partial charge in [-0.15, -0.1) is 0 Å². The summed E-state index contributed by atoms with van der Waals surface area (Å²) in [5.41, 5.74) is 7.42. The molecule has 2 N–H and O–H groups in total. The number of amides is 1. The van der Waals surface area contributed by atoms with E-state index in [4.69, 9.17) is 5.73 Å². The third kappa shape index (κ3) is 3.40. The minimum absolute atomic E-state index is 0.0823. The number of carbonyl (C=O) groups excluding carboxylic acids is 1. The van der Waals surface area contributed by atoms with E-state index in [1.54, 1.807) is 11.8 Å². The van der Waals surface area contributed by atoms with E-state index < -0.39 is 0 Å². The first-order valence-corrected chi connectivity index (χ1v) is 8.36. The zero-order valence-electron chi connectivity index (χ0n) is 12.9. The van der Waals surface area contributed by atoms with Crippen LogP contribution in [0.15, 0.2) is 29.3 Å². The Morgan fingerprint density at radius 1 is 1.33 bits per heavy atom. The molecule has 4 nitrogen and oxygen atoms in total. The number of aliphatic imine (C=N–C) groups is 1. The predicted molar refractivity (Wildman–Crippen MR) is 89.7 cm³/mol. The van der Waals surface area contributed by atoms with Gasteiger partial charge >= 0.3 is 0 Å². The van der Waals surface area contributed by atoms with Crippen LogP contribution in [0.1, 0.15) is 43.1 Å². The monoisotopic (exact) mass is 305 g/mol. The maximum atomic E-state index is 12.3. The van der Waals surface area contributed by atoms with Crippen molar-refractivity contribution in [2.75, 3.05) is 18.8 Å². The molecule has 0 aromatic heterocycles. The van der Waals surface area contributed by atoms with Gasteiger partial charge in [-0.25, -0.2) is 0 Å². The van der Waals surface area contributed by atoms with E-state index in [2.05, 4.69) is 11.9 Å². The molecule has 0 bridgehead atoms. The fourth-order valence-electron chi connectivity index (χ4n) is 2.56. The van der Waals surface area contributed by atoms with Gasteiger partial charge in [0.05, 0.1) is 5.54 Å². The number of thioether (sulfide) groups is 1. The summed E-state index contributed by atoms with van der Waals surface area (Å²) >= 11 is 1.60. The molecule has 1 aliphatic heterocycles. The Kier molecular flexibility index (Phi) is 4.93. The SMILES string of the molecule is CCN(CC)C(=O)c1ccc(C2(C)CCSC(N)=N2)cc1. The second-order valence-corrected chi connectivity index (χ2v) is 6.49. The van der Waals surface area contributed by atoms with Gasteiger partial charge in [0.1, 0.15) is 0 Å².